The third kappa shape index (κ3) is 1.20. The van der Waals surface area contributed by atoms with Crippen molar-refractivity contribution in [2.45, 2.75) is 0 Å². The van der Waals surface area contributed by atoms with Crippen molar-refractivity contribution in [2.75, 3.05) is 12.4 Å². The number of carbonyl (C=O) groups is 2. The van der Waals surface area contributed by atoms with E-state index in [-0.39, 0.29) is 5.69 Å². The van der Waals surface area contributed by atoms with Crippen LogP contribution in [-0.2, 0) is 4.79 Å². The van der Waals surface area contributed by atoms with Crippen molar-refractivity contribution in [3.63, 3.8) is 0 Å². The van der Waals surface area contributed by atoms with Crippen molar-refractivity contribution in [1.29, 1.82) is 0 Å². The van der Waals surface area contributed by atoms with E-state index in [9.17, 15) is 9.59 Å². The zero-order valence-corrected chi connectivity index (χ0v) is 8.54. The fraction of sp³-hybridized carbons (Fsp3) is 0.125. The van der Waals surface area contributed by atoms with Gasteiger partial charge in [-0.1, -0.05) is 0 Å². The van der Waals surface area contributed by atoms with Gasteiger partial charge in [0.1, 0.15) is 10.3 Å². The molecule has 0 aliphatic heterocycles. The summed E-state index contributed by atoms with van der Waals surface area (Å²) in [5, 5.41) is 11.7. The average Bonchev–Trinajstić information content (AvgIpc) is 2.74. The van der Waals surface area contributed by atoms with E-state index in [1.54, 1.807) is 12.6 Å². The molecule has 78 valence electrons. The molecule has 0 spiro atoms. The standard InChI is InChI=1S/C8H7N3O3S/c1-9-4-5-7(15-2-10-5)11(3-12)6(4)8(13)14/h2-3,9H,1H3,(H,13,14). The van der Waals surface area contributed by atoms with E-state index in [0.29, 0.717) is 22.4 Å². The number of carboxylic acids is 1. The molecular formula is C8H7N3O3S. The van der Waals surface area contributed by atoms with Gasteiger partial charge in [0.2, 0.25) is 6.41 Å². The van der Waals surface area contributed by atoms with Gasteiger partial charge >= 0.3 is 5.97 Å². The first kappa shape index (κ1) is 9.66. The lowest BCUT2D eigenvalue weighted by atomic mass is 10.3. The van der Waals surface area contributed by atoms with E-state index >= 15 is 0 Å². The van der Waals surface area contributed by atoms with Gasteiger partial charge in [0.15, 0.2) is 5.69 Å². The smallest absolute Gasteiger partial charge is 0.355 e. The fourth-order valence-electron chi connectivity index (χ4n) is 1.46. The maximum absolute atomic E-state index is 11.0. The molecule has 0 bridgehead atoms. The van der Waals surface area contributed by atoms with Crippen LogP contribution in [0.4, 0.5) is 5.69 Å². The second-order valence-corrected chi connectivity index (χ2v) is 3.59. The summed E-state index contributed by atoms with van der Waals surface area (Å²) in [5.41, 5.74) is 2.36. The van der Waals surface area contributed by atoms with E-state index in [1.165, 1.54) is 11.3 Å². The molecule has 0 amide bonds. The van der Waals surface area contributed by atoms with Gasteiger partial charge in [-0.15, -0.1) is 11.3 Å². The first-order chi connectivity index (χ1) is 7.20. The number of nitrogens with zero attached hydrogens (tertiary/aromatic N) is 2. The highest BCUT2D eigenvalue weighted by atomic mass is 32.1. The number of thiazole rings is 1. The molecule has 2 rings (SSSR count). The number of carbonyl (C=O) groups excluding carboxylic acids is 1. The third-order valence-electron chi connectivity index (χ3n) is 2.04. The maximum atomic E-state index is 11.0. The van der Waals surface area contributed by atoms with Crippen molar-refractivity contribution >= 4 is 39.8 Å². The van der Waals surface area contributed by atoms with Crippen molar-refractivity contribution in [2.24, 2.45) is 0 Å². The lowest BCUT2D eigenvalue weighted by Crippen LogP contribution is -2.09. The Morgan fingerprint density at radius 1 is 1.73 bits per heavy atom. The fourth-order valence-corrected chi connectivity index (χ4v) is 2.24. The SMILES string of the molecule is CNc1c(C(=O)O)n(C=O)c2scnc12. The highest BCUT2D eigenvalue weighted by Crippen LogP contribution is 2.31. The first-order valence-electron chi connectivity index (χ1n) is 4.04. The van der Waals surface area contributed by atoms with Crippen LogP contribution in [0.25, 0.3) is 10.3 Å². The Morgan fingerprint density at radius 2 is 2.47 bits per heavy atom. The molecule has 7 heteroatoms. The number of hydrogen-bond donors (Lipinski definition) is 2. The topological polar surface area (TPSA) is 84.2 Å². The van der Waals surface area contributed by atoms with Crippen LogP contribution >= 0.6 is 11.3 Å². The van der Waals surface area contributed by atoms with Crippen molar-refractivity contribution < 1.29 is 14.7 Å². The molecule has 0 radical (unpaired) electrons. The molecule has 0 fully saturated rings. The summed E-state index contributed by atoms with van der Waals surface area (Å²) < 4.78 is 1.08. The highest BCUT2D eigenvalue weighted by molar-refractivity contribution is 7.16. The normalized spacial score (nSPS) is 10.5. The average molecular weight is 225 g/mol. The Balaban J connectivity index is 2.90. The Bertz CT molecular complexity index is 543. The van der Waals surface area contributed by atoms with Crippen molar-refractivity contribution in [1.82, 2.24) is 9.55 Å². The second kappa shape index (κ2) is 3.35. The van der Waals surface area contributed by atoms with Crippen LogP contribution < -0.4 is 5.32 Å². The largest absolute Gasteiger partial charge is 0.476 e. The van der Waals surface area contributed by atoms with Gasteiger partial charge in [-0.2, -0.15) is 0 Å². The number of aromatic carboxylic acids is 1. The minimum Gasteiger partial charge on any atom is -0.476 e. The molecule has 2 aromatic heterocycles. The van der Waals surface area contributed by atoms with Crippen LogP contribution in [0.2, 0.25) is 0 Å². The molecule has 0 aromatic carbocycles. The third-order valence-corrected chi connectivity index (χ3v) is 2.86. The lowest BCUT2D eigenvalue weighted by Gasteiger charge is -2.00. The molecule has 0 aliphatic carbocycles. The summed E-state index contributed by atoms with van der Waals surface area (Å²) in [7, 11) is 1.59. The molecule has 0 saturated heterocycles. The Morgan fingerprint density at radius 3 is 3.00 bits per heavy atom. The van der Waals surface area contributed by atoms with E-state index in [0.717, 1.165) is 4.57 Å². The van der Waals surface area contributed by atoms with Gasteiger partial charge in [0.05, 0.1) is 11.2 Å². The minimum atomic E-state index is -1.16. The second-order valence-electron chi connectivity index (χ2n) is 2.76. The summed E-state index contributed by atoms with van der Waals surface area (Å²) in [5.74, 6) is -1.16. The van der Waals surface area contributed by atoms with Crippen LogP contribution in [-0.4, -0.2) is 34.1 Å². The Kier molecular flexibility index (Phi) is 2.16. The summed E-state index contributed by atoms with van der Waals surface area (Å²) in [6, 6.07) is 0. The van der Waals surface area contributed by atoms with Crippen molar-refractivity contribution in [3.8, 4) is 0 Å². The van der Waals surface area contributed by atoms with E-state index in [2.05, 4.69) is 10.3 Å². The van der Waals surface area contributed by atoms with E-state index in [1.807, 2.05) is 0 Å². The van der Waals surface area contributed by atoms with Crippen LogP contribution in [0.1, 0.15) is 10.5 Å². The number of nitrogens with one attached hydrogen (secondary N) is 1. The first-order valence-corrected chi connectivity index (χ1v) is 4.92. The van der Waals surface area contributed by atoms with E-state index in [4.69, 9.17) is 5.11 Å². The summed E-state index contributed by atoms with van der Waals surface area (Å²) in [6.45, 7) is 0. The number of hydrogen-bond acceptors (Lipinski definition) is 5. The highest BCUT2D eigenvalue weighted by Gasteiger charge is 2.23. The van der Waals surface area contributed by atoms with Gasteiger partial charge in [0.25, 0.3) is 0 Å². The quantitative estimate of drug-likeness (QED) is 0.757. The number of carboxylic acid groups (broad SMARTS) is 1. The van der Waals surface area contributed by atoms with Gasteiger partial charge < -0.3 is 10.4 Å². The summed E-state index contributed by atoms with van der Waals surface area (Å²) in [6.07, 6.45) is 0.477. The van der Waals surface area contributed by atoms with Crippen LogP contribution in [0.3, 0.4) is 0 Å². The van der Waals surface area contributed by atoms with Gasteiger partial charge in [0, 0.05) is 7.05 Å². The molecule has 2 heterocycles. The molecule has 0 atom stereocenters. The van der Waals surface area contributed by atoms with Crippen LogP contribution in [0.5, 0.6) is 0 Å². The number of rotatable bonds is 3. The molecule has 0 unspecified atom stereocenters. The zero-order chi connectivity index (χ0) is 11.0. The number of aromatic nitrogens is 2. The molecule has 6 nitrogen and oxygen atoms in total. The van der Waals surface area contributed by atoms with Crippen LogP contribution in [0.15, 0.2) is 5.51 Å². The Labute approximate surface area is 88.2 Å². The predicted molar refractivity (Wildman–Crippen MR) is 56.3 cm³/mol. The summed E-state index contributed by atoms with van der Waals surface area (Å²) >= 11 is 1.22. The molecule has 2 N–H and O–H groups in total. The molecule has 15 heavy (non-hydrogen) atoms. The molecule has 0 saturated carbocycles. The number of anilines is 1. The van der Waals surface area contributed by atoms with E-state index < -0.39 is 5.97 Å². The molecule has 0 aliphatic rings. The predicted octanol–water partition coefficient (Wildman–Crippen LogP) is 0.876. The monoisotopic (exact) mass is 225 g/mol. The molecule has 2 aromatic rings. The zero-order valence-electron chi connectivity index (χ0n) is 7.72. The van der Waals surface area contributed by atoms with Gasteiger partial charge in [-0.05, 0) is 0 Å². The van der Waals surface area contributed by atoms with Crippen LogP contribution in [0, 0.1) is 0 Å². The number of fused-ring (bicyclic) bond motifs is 1. The van der Waals surface area contributed by atoms with Crippen molar-refractivity contribution in [3.05, 3.63) is 11.2 Å². The summed E-state index contributed by atoms with van der Waals surface area (Å²) in [4.78, 5) is 26.4. The lowest BCUT2D eigenvalue weighted by molar-refractivity contribution is 0.0690. The minimum absolute atomic E-state index is 0.0816. The maximum Gasteiger partial charge on any atom is 0.355 e. The van der Waals surface area contributed by atoms with Gasteiger partial charge in [-0.3, -0.25) is 9.36 Å². The Hall–Kier alpha value is -1.89. The molecular weight excluding hydrogens is 218 g/mol. The van der Waals surface area contributed by atoms with Gasteiger partial charge in [-0.25, -0.2) is 9.78 Å².